The minimum atomic E-state index is -0.0960. The molecule has 1 aromatic carbocycles. The Labute approximate surface area is 90.7 Å². The van der Waals surface area contributed by atoms with Crippen LogP contribution in [-0.4, -0.2) is 12.6 Å². The first-order valence-electron chi connectivity index (χ1n) is 5.70. The highest BCUT2D eigenvalue weighted by atomic mass is 19.1. The summed E-state index contributed by atoms with van der Waals surface area (Å²) in [5, 5.41) is 3.43. The summed E-state index contributed by atoms with van der Waals surface area (Å²) in [4.78, 5) is 0. The third kappa shape index (κ3) is 2.20. The lowest BCUT2D eigenvalue weighted by molar-refractivity contribution is 0.295. The van der Waals surface area contributed by atoms with Crippen molar-refractivity contribution in [3.8, 4) is 0 Å². The lowest BCUT2D eigenvalue weighted by Crippen LogP contribution is -2.39. The smallest absolute Gasteiger partial charge is 0.126 e. The van der Waals surface area contributed by atoms with Crippen molar-refractivity contribution in [3.63, 3.8) is 0 Å². The van der Waals surface area contributed by atoms with E-state index < -0.39 is 0 Å². The van der Waals surface area contributed by atoms with E-state index in [1.807, 2.05) is 19.1 Å². The molecule has 0 unspecified atom stereocenters. The molecule has 0 aromatic heterocycles. The molecule has 0 saturated heterocycles. The summed E-state index contributed by atoms with van der Waals surface area (Å²) < 4.78 is 13.1. The van der Waals surface area contributed by atoms with E-state index in [0.717, 1.165) is 12.1 Å². The Morgan fingerprint density at radius 2 is 2.13 bits per heavy atom. The Bertz CT molecular complexity index is 342. The van der Waals surface area contributed by atoms with Crippen molar-refractivity contribution in [2.45, 2.75) is 38.6 Å². The van der Waals surface area contributed by atoms with E-state index in [9.17, 15) is 4.39 Å². The van der Waals surface area contributed by atoms with Crippen molar-refractivity contribution in [1.82, 2.24) is 5.32 Å². The number of rotatable bonds is 3. The van der Waals surface area contributed by atoms with Gasteiger partial charge in [0.15, 0.2) is 0 Å². The number of hydrogen-bond acceptors (Lipinski definition) is 1. The lowest BCUT2D eigenvalue weighted by atomic mass is 9.75. The van der Waals surface area contributed by atoms with Gasteiger partial charge in [-0.2, -0.15) is 0 Å². The molecule has 0 atom stereocenters. The monoisotopic (exact) mass is 207 g/mol. The van der Waals surface area contributed by atoms with Crippen molar-refractivity contribution in [2.75, 3.05) is 6.54 Å². The van der Waals surface area contributed by atoms with Crippen molar-refractivity contribution in [1.29, 1.82) is 0 Å². The maximum absolute atomic E-state index is 13.1. The first-order valence-corrected chi connectivity index (χ1v) is 5.70. The third-order valence-corrected chi connectivity index (χ3v) is 3.28. The predicted octanol–water partition coefficient (Wildman–Crippen LogP) is 2.99. The largest absolute Gasteiger partial charge is 0.314 e. The van der Waals surface area contributed by atoms with Gasteiger partial charge in [0.1, 0.15) is 5.82 Å². The fraction of sp³-hybridized carbons (Fsp3) is 0.538. The van der Waals surface area contributed by atoms with Crippen molar-refractivity contribution in [2.24, 2.45) is 0 Å². The first-order chi connectivity index (χ1) is 7.20. The maximum atomic E-state index is 13.1. The van der Waals surface area contributed by atoms with Gasteiger partial charge in [0.2, 0.25) is 0 Å². The van der Waals surface area contributed by atoms with Gasteiger partial charge in [-0.3, -0.25) is 0 Å². The van der Waals surface area contributed by atoms with Crippen LogP contribution in [0.1, 0.15) is 36.8 Å². The van der Waals surface area contributed by atoms with E-state index in [1.54, 1.807) is 6.07 Å². The molecule has 2 heteroatoms. The molecular formula is C13H18FN. The normalized spacial score (nSPS) is 25.0. The summed E-state index contributed by atoms with van der Waals surface area (Å²) in [6, 6.07) is 6.17. The fourth-order valence-corrected chi connectivity index (χ4v) is 2.27. The summed E-state index contributed by atoms with van der Waals surface area (Å²) >= 11 is 0. The molecule has 1 aromatic rings. The van der Waals surface area contributed by atoms with Crippen LogP contribution in [-0.2, 0) is 0 Å². The zero-order valence-electron chi connectivity index (χ0n) is 9.39. The van der Waals surface area contributed by atoms with Crippen LogP contribution in [0.3, 0.4) is 0 Å². The van der Waals surface area contributed by atoms with Crippen LogP contribution in [0.25, 0.3) is 0 Å². The molecular weight excluding hydrogens is 189 g/mol. The number of halogens is 1. The van der Waals surface area contributed by atoms with Gasteiger partial charge in [-0.25, -0.2) is 4.39 Å². The number of nitrogens with one attached hydrogen (secondary N) is 1. The van der Waals surface area contributed by atoms with Crippen LogP contribution in [0.2, 0.25) is 0 Å². The highest BCUT2D eigenvalue weighted by molar-refractivity contribution is 5.28. The van der Waals surface area contributed by atoms with E-state index in [2.05, 4.69) is 12.2 Å². The van der Waals surface area contributed by atoms with E-state index >= 15 is 0 Å². The van der Waals surface area contributed by atoms with Crippen molar-refractivity contribution < 1.29 is 4.39 Å². The van der Waals surface area contributed by atoms with Gasteiger partial charge in [0, 0.05) is 6.04 Å². The molecule has 1 aliphatic rings. The highest BCUT2D eigenvalue weighted by Crippen LogP contribution is 2.37. The Hall–Kier alpha value is -0.890. The van der Waals surface area contributed by atoms with Gasteiger partial charge < -0.3 is 5.32 Å². The van der Waals surface area contributed by atoms with E-state index in [0.29, 0.717) is 12.0 Å². The summed E-state index contributed by atoms with van der Waals surface area (Å²) in [6.07, 6.45) is 2.39. The molecule has 1 saturated carbocycles. The Morgan fingerprint density at radius 1 is 1.40 bits per heavy atom. The first kappa shape index (κ1) is 10.6. The summed E-state index contributed by atoms with van der Waals surface area (Å²) in [5.74, 6) is 0.537. The van der Waals surface area contributed by atoms with Crippen LogP contribution in [0, 0.1) is 12.7 Å². The van der Waals surface area contributed by atoms with E-state index in [-0.39, 0.29) is 5.82 Å². The van der Waals surface area contributed by atoms with Gasteiger partial charge in [0.25, 0.3) is 0 Å². The molecule has 0 radical (unpaired) electrons. The maximum Gasteiger partial charge on any atom is 0.126 e. The summed E-state index contributed by atoms with van der Waals surface area (Å²) in [6.45, 7) is 5.01. The van der Waals surface area contributed by atoms with E-state index in [1.165, 1.54) is 18.4 Å². The summed E-state index contributed by atoms with van der Waals surface area (Å²) in [5.41, 5.74) is 2.06. The van der Waals surface area contributed by atoms with Crippen molar-refractivity contribution >= 4 is 0 Å². The van der Waals surface area contributed by atoms with Crippen LogP contribution in [0.15, 0.2) is 18.2 Å². The second-order valence-electron chi connectivity index (χ2n) is 4.43. The second kappa shape index (κ2) is 4.31. The molecule has 82 valence electrons. The zero-order valence-corrected chi connectivity index (χ0v) is 9.39. The minimum absolute atomic E-state index is 0.0960. The standard InChI is InChI=1S/C13H18FN/c1-3-15-12-7-11(8-12)10-4-5-13(14)9(2)6-10/h4-6,11-12,15H,3,7-8H2,1-2H3. The number of aryl methyl sites for hydroxylation is 1. The van der Waals surface area contributed by atoms with Gasteiger partial charge in [0.05, 0.1) is 0 Å². The van der Waals surface area contributed by atoms with Crippen molar-refractivity contribution in [3.05, 3.63) is 35.1 Å². The minimum Gasteiger partial charge on any atom is -0.314 e. The lowest BCUT2D eigenvalue weighted by Gasteiger charge is -2.36. The second-order valence-corrected chi connectivity index (χ2v) is 4.43. The molecule has 0 heterocycles. The number of hydrogen-bond donors (Lipinski definition) is 1. The quantitative estimate of drug-likeness (QED) is 0.803. The molecule has 15 heavy (non-hydrogen) atoms. The topological polar surface area (TPSA) is 12.0 Å². The molecule has 0 aliphatic heterocycles. The van der Waals surface area contributed by atoms with Gasteiger partial charge in [-0.1, -0.05) is 19.1 Å². The van der Waals surface area contributed by atoms with Gasteiger partial charge in [-0.05, 0) is 49.4 Å². The molecule has 0 amide bonds. The van der Waals surface area contributed by atoms with Crippen LogP contribution < -0.4 is 5.32 Å². The molecule has 1 fully saturated rings. The Morgan fingerprint density at radius 3 is 2.73 bits per heavy atom. The van der Waals surface area contributed by atoms with Gasteiger partial charge in [-0.15, -0.1) is 0 Å². The molecule has 0 bridgehead atoms. The van der Waals surface area contributed by atoms with E-state index in [4.69, 9.17) is 0 Å². The predicted molar refractivity (Wildman–Crippen MR) is 60.6 cm³/mol. The third-order valence-electron chi connectivity index (χ3n) is 3.28. The zero-order chi connectivity index (χ0) is 10.8. The average Bonchev–Trinajstić information content (AvgIpc) is 2.16. The SMILES string of the molecule is CCNC1CC(c2ccc(F)c(C)c2)C1. The molecule has 1 N–H and O–H groups in total. The summed E-state index contributed by atoms with van der Waals surface area (Å²) in [7, 11) is 0. The number of benzene rings is 1. The highest BCUT2D eigenvalue weighted by Gasteiger charge is 2.29. The molecule has 1 nitrogen and oxygen atoms in total. The van der Waals surface area contributed by atoms with Gasteiger partial charge >= 0.3 is 0 Å². The Kier molecular flexibility index (Phi) is 3.06. The molecule has 2 rings (SSSR count). The van der Waals surface area contributed by atoms with Crippen LogP contribution in [0.4, 0.5) is 4.39 Å². The Balaban J connectivity index is 1.98. The fourth-order valence-electron chi connectivity index (χ4n) is 2.27. The molecule has 1 aliphatic carbocycles. The van der Waals surface area contributed by atoms with Crippen LogP contribution in [0.5, 0.6) is 0 Å². The van der Waals surface area contributed by atoms with Crippen LogP contribution >= 0.6 is 0 Å². The average molecular weight is 207 g/mol. The molecule has 0 spiro atoms.